The summed E-state index contributed by atoms with van der Waals surface area (Å²) in [5.74, 6) is -0.901. The molecule has 2 aliphatic heterocycles. The molecular formula is C17H15FINO3S. The van der Waals surface area contributed by atoms with Crippen molar-refractivity contribution in [3.05, 3.63) is 55.0 Å². The number of benzene rings is 1. The highest BCUT2D eigenvalue weighted by Crippen LogP contribution is 2.47. The van der Waals surface area contributed by atoms with E-state index in [1.165, 1.54) is 6.07 Å². The minimum atomic E-state index is -3.41. The molecule has 2 heterocycles. The predicted molar refractivity (Wildman–Crippen MR) is 96.3 cm³/mol. The average Bonchev–Trinajstić information content (AvgIpc) is 2.84. The Labute approximate surface area is 153 Å². The van der Waals surface area contributed by atoms with Gasteiger partial charge in [0.1, 0.15) is 5.82 Å². The van der Waals surface area contributed by atoms with E-state index in [1.54, 1.807) is 12.1 Å². The largest absolute Gasteiger partial charge is 0.361 e. The molecule has 1 aromatic carbocycles. The van der Waals surface area contributed by atoms with E-state index in [-0.39, 0.29) is 17.4 Å². The van der Waals surface area contributed by atoms with Crippen LogP contribution in [0.3, 0.4) is 0 Å². The van der Waals surface area contributed by atoms with Gasteiger partial charge in [0.2, 0.25) is 0 Å². The number of sulfone groups is 1. The summed E-state index contributed by atoms with van der Waals surface area (Å²) in [7, 11) is -3.41. The lowest BCUT2D eigenvalue weighted by atomic mass is 9.79. The number of carbonyl (C=O) groups excluding carboxylic acids is 1. The van der Waals surface area contributed by atoms with Crippen molar-refractivity contribution in [2.75, 3.05) is 5.75 Å². The Kier molecular flexibility index (Phi) is 3.83. The molecule has 4 nitrogen and oxygen atoms in total. The summed E-state index contributed by atoms with van der Waals surface area (Å²) in [5, 5.41) is 3.21. The van der Waals surface area contributed by atoms with Crippen LogP contribution in [-0.2, 0) is 14.6 Å². The molecule has 1 atom stereocenters. The van der Waals surface area contributed by atoms with Crippen molar-refractivity contribution >= 4 is 38.2 Å². The molecule has 0 bridgehead atoms. The zero-order valence-corrected chi connectivity index (χ0v) is 15.7. The van der Waals surface area contributed by atoms with E-state index in [0.29, 0.717) is 38.2 Å². The van der Waals surface area contributed by atoms with Crippen molar-refractivity contribution in [2.24, 2.45) is 0 Å². The van der Waals surface area contributed by atoms with Gasteiger partial charge in [-0.2, -0.15) is 0 Å². The first kappa shape index (κ1) is 16.3. The summed E-state index contributed by atoms with van der Waals surface area (Å²) in [4.78, 5) is 12.9. The number of nitrogens with one attached hydrogen (secondary N) is 1. The van der Waals surface area contributed by atoms with Gasteiger partial charge in [0.05, 0.1) is 16.6 Å². The van der Waals surface area contributed by atoms with Gasteiger partial charge in [-0.1, -0.05) is 6.07 Å². The highest BCUT2D eigenvalue weighted by molar-refractivity contribution is 14.1. The Morgan fingerprint density at radius 1 is 1.17 bits per heavy atom. The lowest BCUT2D eigenvalue weighted by Gasteiger charge is -2.33. The number of carbonyl (C=O) groups is 1. The molecule has 0 amide bonds. The average molecular weight is 459 g/mol. The van der Waals surface area contributed by atoms with E-state index in [0.717, 1.165) is 18.5 Å². The van der Waals surface area contributed by atoms with Crippen molar-refractivity contribution in [2.45, 2.75) is 31.6 Å². The van der Waals surface area contributed by atoms with Gasteiger partial charge in [0.15, 0.2) is 15.6 Å². The van der Waals surface area contributed by atoms with Gasteiger partial charge >= 0.3 is 0 Å². The van der Waals surface area contributed by atoms with Crippen molar-refractivity contribution < 1.29 is 17.6 Å². The quantitative estimate of drug-likeness (QED) is 0.656. The fraction of sp³-hybridized carbons (Fsp3) is 0.353. The predicted octanol–water partition coefficient (Wildman–Crippen LogP) is 3.15. The number of Topliss-reactive ketones (excluding diaryl/α,β-unsaturated/α-hetero) is 1. The highest BCUT2D eigenvalue weighted by atomic mass is 127. The lowest BCUT2D eigenvalue weighted by molar-refractivity contribution is -0.116. The molecule has 24 heavy (non-hydrogen) atoms. The van der Waals surface area contributed by atoms with Gasteiger partial charge in [0.25, 0.3) is 0 Å². The van der Waals surface area contributed by atoms with E-state index in [9.17, 15) is 17.6 Å². The summed E-state index contributed by atoms with van der Waals surface area (Å²) >= 11 is 1.89. The van der Waals surface area contributed by atoms with E-state index >= 15 is 0 Å². The first-order valence-electron chi connectivity index (χ1n) is 7.82. The summed E-state index contributed by atoms with van der Waals surface area (Å²) in [5.41, 5.74) is 2.76. The summed E-state index contributed by atoms with van der Waals surface area (Å²) in [6, 6.07) is 4.59. The van der Waals surface area contributed by atoms with Gasteiger partial charge in [-0.3, -0.25) is 4.79 Å². The topological polar surface area (TPSA) is 63.2 Å². The molecule has 3 aliphatic rings. The van der Waals surface area contributed by atoms with Crippen LogP contribution in [0.2, 0.25) is 0 Å². The zero-order valence-electron chi connectivity index (χ0n) is 12.7. The van der Waals surface area contributed by atoms with Crippen LogP contribution in [0.4, 0.5) is 4.39 Å². The molecule has 1 aliphatic carbocycles. The Bertz CT molecular complexity index is 933. The van der Waals surface area contributed by atoms with Gasteiger partial charge < -0.3 is 5.32 Å². The van der Waals surface area contributed by atoms with Gasteiger partial charge in [-0.15, -0.1) is 0 Å². The number of dihydropyridines is 1. The van der Waals surface area contributed by atoms with Crippen LogP contribution in [0.5, 0.6) is 0 Å². The minimum absolute atomic E-state index is 0.0123. The summed E-state index contributed by atoms with van der Waals surface area (Å²) in [6.45, 7) is 0. The van der Waals surface area contributed by atoms with Crippen LogP contribution in [0.15, 0.2) is 40.1 Å². The number of ketones is 1. The van der Waals surface area contributed by atoms with Crippen molar-refractivity contribution in [1.29, 1.82) is 0 Å². The highest BCUT2D eigenvalue weighted by Gasteiger charge is 2.44. The van der Waals surface area contributed by atoms with Crippen LogP contribution in [0, 0.1) is 9.39 Å². The van der Waals surface area contributed by atoms with E-state index in [1.807, 2.05) is 22.6 Å². The molecule has 4 rings (SSSR count). The normalized spacial score (nSPS) is 25.4. The molecule has 1 N–H and O–H groups in total. The second-order valence-corrected chi connectivity index (χ2v) is 9.55. The van der Waals surface area contributed by atoms with Crippen LogP contribution >= 0.6 is 22.6 Å². The Hall–Kier alpha value is -1.22. The first-order chi connectivity index (χ1) is 11.4. The van der Waals surface area contributed by atoms with Crippen molar-refractivity contribution in [3.8, 4) is 0 Å². The van der Waals surface area contributed by atoms with E-state index < -0.39 is 15.8 Å². The molecule has 1 aromatic rings. The minimum Gasteiger partial charge on any atom is -0.361 e. The maximum atomic E-state index is 13.7. The molecule has 0 saturated carbocycles. The molecule has 0 unspecified atom stereocenters. The Morgan fingerprint density at radius 3 is 2.71 bits per heavy atom. The molecular weight excluding hydrogens is 444 g/mol. The monoisotopic (exact) mass is 459 g/mol. The molecule has 0 fully saturated rings. The van der Waals surface area contributed by atoms with Crippen molar-refractivity contribution in [1.82, 2.24) is 5.32 Å². The smallest absolute Gasteiger partial charge is 0.177 e. The number of allylic oxidation sites excluding steroid dienone is 4. The summed E-state index contributed by atoms with van der Waals surface area (Å²) in [6.07, 6.45) is 2.38. The maximum absolute atomic E-state index is 13.7. The molecule has 0 spiro atoms. The van der Waals surface area contributed by atoms with Gasteiger partial charge in [-0.25, -0.2) is 12.8 Å². The Balaban J connectivity index is 1.96. The molecule has 7 heteroatoms. The third-order valence-electron chi connectivity index (χ3n) is 4.84. The third kappa shape index (κ3) is 2.44. The molecule has 0 aromatic heterocycles. The summed E-state index contributed by atoms with van der Waals surface area (Å²) < 4.78 is 39.3. The number of rotatable bonds is 1. The van der Waals surface area contributed by atoms with Crippen LogP contribution < -0.4 is 5.32 Å². The van der Waals surface area contributed by atoms with E-state index in [2.05, 4.69) is 5.32 Å². The zero-order chi connectivity index (χ0) is 17.1. The SMILES string of the molecule is O=C1CCCC2=C1[C@H](c1ccc(F)c(I)c1)C1=C(CCS1(=O)=O)N2. The molecule has 126 valence electrons. The fourth-order valence-corrected chi connectivity index (χ4v) is 6.16. The second kappa shape index (κ2) is 5.66. The fourth-order valence-electron chi connectivity index (χ4n) is 3.79. The van der Waals surface area contributed by atoms with Crippen LogP contribution in [0.1, 0.15) is 37.2 Å². The molecule has 0 radical (unpaired) electrons. The van der Waals surface area contributed by atoms with Gasteiger partial charge in [-0.05, 0) is 53.1 Å². The number of hydrogen-bond acceptors (Lipinski definition) is 4. The Morgan fingerprint density at radius 2 is 1.96 bits per heavy atom. The third-order valence-corrected chi connectivity index (χ3v) is 7.56. The standard InChI is InChI=1S/C17H15FINO3S/c18-10-5-4-9(8-11(10)19)15-16-12(2-1-3-14(16)21)20-13-6-7-24(22,23)17(13)15/h4-5,8,15,20H,1-3,6-7H2/t15-/m0/s1. The molecule has 0 saturated heterocycles. The second-order valence-electron chi connectivity index (χ2n) is 6.31. The van der Waals surface area contributed by atoms with E-state index in [4.69, 9.17) is 0 Å². The first-order valence-corrected chi connectivity index (χ1v) is 10.6. The maximum Gasteiger partial charge on any atom is 0.177 e. The number of halogens is 2. The lowest BCUT2D eigenvalue weighted by Crippen LogP contribution is -2.32. The van der Waals surface area contributed by atoms with Crippen LogP contribution in [0.25, 0.3) is 0 Å². The number of hydrogen-bond donors (Lipinski definition) is 1. The van der Waals surface area contributed by atoms with Crippen molar-refractivity contribution in [3.63, 3.8) is 0 Å². The van der Waals surface area contributed by atoms with Gasteiger partial charge in [0, 0.05) is 33.4 Å². The van der Waals surface area contributed by atoms with Crippen LogP contribution in [-0.4, -0.2) is 20.0 Å².